The molecule has 1 fully saturated rings. The lowest BCUT2D eigenvalue weighted by Crippen LogP contribution is -2.28. The molecule has 0 saturated heterocycles. The first-order valence-corrected chi connectivity index (χ1v) is 6.00. The quantitative estimate of drug-likeness (QED) is 0.820. The second-order valence-electron chi connectivity index (χ2n) is 4.74. The van der Waals surface area contributed by atoms with Crippen molar-refractivity contribution in [1.82, 2.24) is 5.32 Å². The van der Waals surface area contributed by atoms with Crippen molar-refractivity contribution in [3.8, 4) is 0 Å². The van der Waals surface area contributed by atoms with Gasteiger partial charge in [-0.25, -0.2) is 0 Å². The van der Waals surface area contributed by atoms with Gasteiger partial charge in [-0.15, -0.1) is 0 Å². The molecule has 2 rings (SSSR count). The maximum Gasteiger partial charge on any atom is 0.105 e. The van der Waals surface area contributed by atoms with Gasteiger partial charge in [0.15, 0.2) is 0 Å². The molecule has 2 heteroatoms. The lowest BCUT2D eigenvalue weighted by atomic mass is 10.1. The van der Waals surface area contributed by atoms with Crippen molar-refractivity contribution < 1.29 is 4.42 Å². The summed E-state index contributed by atoms with van der Waals surface area (Å²) in [6.07, 6.45) is 5.43. The van der Waals surface area contributed by atoms with E-state index in [9.17, 15) is 0 Å². The summed E-state index contributed by atoms with van der Waals surface area (Å²) in [4.78, 5) is 0. The summed E-state index contributed by atoms with van der Waals surface area (Å²) in [5, 5.41) is 3.69. The van der Waals surface area contributed by atoms with Crippen molar-refractivity contribution in [1.29, 1.82) is 0 Å². The molecule has 84 valence electrons. The predicted molar refractivity (Wildman–Crippen MR) is 62.0 cm³/mol. The Morgan fingerprint density at radius 2 is 2.00 bits per heavy atom. The zero-order valence-corrected chi connectivity index (χ0v) is 9.97. The maximum absolute atomic E-state index is 5.56. The molecule has 1 saturated carbocycles. The number of rotatable bonds is 3. The van der Waals surface area contributed by atoms with E-state index in [0.29, 0.717) is 6.04 Å². The van der Waals surface area contributed by atoms with E-state index in [1.165, 1.54) is 31.2 Å². The Morgan fingerprint density at radius 3 is 2.53 bits per heavy atom. The highest BCUT2D eigenvalue weighted by atomic mass is 16.3. The van der Waals surface area contributed by atoms with Gasteiger partial charge in [-0.05, 0) is 39.7 Å². The third kappa shape index (κ3) is 2.43. The highest BCUT2D eigenvalue weighted by Gasteiger charge is 2.19. The molecule has 1 unspecified atom stereocenters. The molecule has 1 atom stereocenters. The molecule has 2 nitrogen and oxygen atoms in total. The number of hydrogen-bond acceptors (Lipinski definition) is 2. The largest absolute Gasteiger partial charge is 0.466 e. The molecule has 1 N–H and O–H groups in total. The van der Waals surface area contributed by atoms with Crippen LogP contribution in [0.4, 0.5) is 0 Å². The van der Waals surface area contributed by atoms with Gasteiger partial charge in [-0.3, -0.25) is 0 Å². The van der Waals surface area contributed by atoms with Crippen molar-refractivity contribution >= 4 is 0 Å². The van der Waals surface area contributed by atoms with Crippen LogP contribution in [0.5, 0.6) is 0 Å². The van der Waals surface area contributed by atoms with Gasteiger partial charge in [0.05, 0.1) is 0 Å². The Balaban J connectivity index is 2.00. The van der Waals surface area contributed by atoms with E-state index in [4.69, 9.17) is 4.42 Å². The summed E-state index contributed by atoms with van der Waals surface area (Å²) in [5.74, 6) is 2.08. The normalized spacial score (nSPS) is 19.7. The summed E-state index contributed by atoms with van der Waals surface area (Å²) in [7, 11) is 0. The molecule has 1 aliphatic rings. The highest BCUT2D eigenvalue weighted by molar-refractivity contribution is 5.23. The molecule has 1 aromatic rings. The van der Waals surface area contributed by atoms with Gasteiger partial charge in [0, 0.05) is 17.6 Å². The molecular weight excluding hydrogens is 186 g/mol. The Hall–Kier alpha value is -0.760. The zero-order valence-electron chi connectivity index (χ0n) is 9.97. The Bertz CT molecular complexity index is 323. The van der Waals surface area contributed by atoms with Crippen LogP contribution in [0, 0.1) is 13.8 Å². The van der Waals surface area contributed by atoms with Gasteiger partial charge in [0.2, 0.25) is 0 Å². The van der Waals surface area contributed by atoms with E-state index in [0.717, 1.165) is 17.6 Å². The van der Waals surface area contributed by atoms with Crippen LogP contribution >= 0.6 is 0 Å². The van der Waals surface area contributed by atoms with Gasteiger partial charge in [-0.2, -0.15) is 0 Å². The van der Waals surface area contributed by atoms with Crippen LogP contribution in [-0.4, -0.2) is 6.04 Å². The number of hydrogen-bond donors (Lipinski definition) is 1. The maximum atomic E-state index is 5.56. The van der Waals surface area contributed by atoms with Crippen LogP contribution < -0.4 is 5.32 Å². The van der Waals surface area contributed by atoms with Crippen molar-refractivity contribution in [2.45, 2.75) is 58.5 Å². The fraction of sp³-hybridized carbons (Fsp3) is 0.692. The lowest BCUT2D eigenvalue weighted by molar-refractivity contribution is 0.448. The Kier molecular flexibility index (Phi) is 3.15. The summed E-state index contributed by atoms with van der Waals surface area (Å²) < 4.78 is 5.56. The van der Waals surface area contributed by atoms with Crippen molar-refractivity contribution in [2.75, 3.05) is 0 Å². The van der Waals surface area contributed by atoms with Crippen molar-refractivity contribution in [3.63, 3.8) is 0 Å². The fourth-order valence-electron chi connectivity index (χ4n) is 2.62. The van der Waals surface area contributed by atoms with E-state index in [2.05, 4.69) is 25.2 Å². The first kappa shape index (κ1) is 10.7. The van der Waals surface area contributed by atoms with Gasteiger partial charge in [-0.1, -0.05) is 12.8 Å². The van der Waals surface area contributed by atoms with Crippen LogP contribution in [0.3, 0.4) is 0 Å². The molecule has 0 radical (unpaired) electrons. The third-order valence-corrected chi connectivity index (χ3v) is 3.39. The van der Waals surface area contributed by atoms with Gasteiger partial charge >= 0.3 is 0 Å². The van der Waals surface area contributed by atoms with Crippen LogP contribution in [0.1, 0.15) is 55.7 Å². The smallest absolute Gasteiger partial charge is 0.105 e. The fourth-order valence-corrected chi connectivity index (χ4v) is 2.62. The summed E-state index contributed by atoms with van der Waals surface area (Å²) in [6, 6.07) is 3.29. The molecule has 15 heavy (non-hydrogen) atoms. The summed E-state index contributed by atoms with van der Waals surface area (Å²) in [6.45, 7) is 6.30. The minimum Gasteiger partial charge on any atom is -0.466 e. The summed E-state index contributed by atoms with van der Waals surface area (Å²) >= 11 is 0. The topological polar surface area (TPSA) is 25.2 Å². The third-order valence-electron chi connectivity index (χ3n) is 3.39. The van der Waals surface area contributed by atoms with Gasteiger partial charge in [0.1, 0.15) is 11.5 Å². The van der Waals surface area contributed by atoms with Crippen LogP contribution in [0.15, 0.2) is 10.5 Å². The SMILES string of the molecule is Cc1cc(C(C)NC2CCCC2)c(C)o1. The molecule has 0 amide bonds. The average molecular weight is 207 g/mol. The average Bonchev–Trinajstić information content (AvgIpc) is 2.75. The van der Waals surface area contributed by atoms with E-state index in [1.807, 2.05) is 6.92 Å². The van der Waals surface area contributed by atoms with Crippen LogP contribution in [-0.2, 0) is 0 Å². The number of nitrogens with one attached hydrogen (secondary N) is 1. The minimum atomic E-state index is 0.422. The standard InChI is InChI=1S/C13H21NO/c1-9-8-13(11(3)15-9)10(2)14-12-6-4-5-7-12/h8,10,12,14H,4-7H2,1-3H3. The van der Waals surface area contributed by atoms with Crippen LogP contribution in [0.25, 0.3) is 0 Å². The molecule has 0 spiro atoms. The first-order chi connectivity index (χ1) is 7.16. The van der Waals surface area contributed by atoms with E-state index in [-0.39, 0.29) is 0 Å². The molecule has 0 bridgehead atoms. The first-order valence-electron chi connectivity index (χ1n) is 6.00. The van der Waals surface area contributed by atoms with E-state index >= 15 is 0 Å². The molecule has 0 aromatic carbocycles. The van der Waals surface area contributed by atoms with Crippen LogP contribution in [0.2, 0.25) is 0 Å². The van der Waals surface area contributed by atoms with Crippen molar-refractivity contribution in [2.24, 2.45) is 0 Å². The molecule has 0 aliphatic heterocycles. The monoisotopic (exact) mass is 207 g/mol. The van der Waals surface area contributed by atoms with Gasteiger partial charge in [0.25, 0.3) is 0 Å². The van der Waals surface area contributed by atoms with E-state index < -0.39 is 0 Å². The molecular formula is C13H21NO. The van der Waals surface area contributed by atoms with Crippen molar-refractivity contribution in [3.05, 3.63) is 23.2 Å². The van der Waals surface area contributed by atoms with E-state index in [1.54, 1.807) is 0 Å². The lowest BCUT2D eigenvalue weighted by Gasteiger charge is -2.18. The zero-order chi connectivity index (χ0) is 10.8. The Labute approximate surface area is 92.1 Å². The minimum absolute atomic E-state index is 0.422. The molecule has 1 aromatic heterocycles. The second kappa shape index (κ2) is 4.40. The van der Waals surface area contributed by atoms with Gasteiger partial charge < -0.3 is 9.73 Å². The Morgan fingerprint density at radius 1 is 1.33 bits per heavy atom. The molecule has 1 heterocycles. The highest BCUT2D eigenvalue weighted by Crippen LogP contribution is 2.25. The summed E-state index contributed by atoms with van der Waals surface area (Å²) in [5.41, 5.74) is 1.32. The predicted octanol–water partition coefficient (Wildman–Crippen LogP) is 3.49. The molecule has 1 aliphatic carbocycles. The second-order valence-corrected chi connectivity index (χ2v) is 4.74. The number of furan rings is 1. The number of aryl methyl sites for hydroxylation is 2.